The van der Waals surface area contributed by atoms with Gasteiger partial charge in [0.1, 0.15) is 11.8 Å². The topological polar surface area (TPSA) is 82.3 Å². The minimum Gasteiger partial charge on any atom is -0.479 e. The first-order chi connectivity index (χ1) is 13.1. The number of anilines is 1. The third kappa shape index (κ3) is 2.93. The standard InChI is InChI=1S/C22H20N2O3/c1-13-5-10-18(22(25)26)19-16-3-2-4-17(16)21(24-20(13)19)14-6-8-15(9-7-14)27-12-11-23/h2-3,5-10,16-17,21,24H,4,12H2,1H3,(H,25,26)/t16-,17-,21-/m1/s1. The lowest BCUT2D eigenvalue weighted by molar-refractivity contribution is 0.0695. The first kappa shape index (κ1) is 17.2. The first-order valence-electron chi connectivity index (χ1n) is 9.00. The summed E-state index contributed by atoms with van der Waals surface area (Å²) in [6.07, 6.45) is 5.20. The molecule has 136 valence electrons. The Labute approximate surface area is 157 Å². The van der Waals surface area contributed by atoms with E-state index in [2.05, 4.69) is 17.5 Å². The molecule has 2 aromatic rings. The predicted molar refractivity (Wildman–Crippen MR) is 102 cm³/mol. The van der Waals surface area contributed by atoms with Crippen LogP contribution in [0.15, 0.2) is 48.6 Å². The normalized spacial score (nSPS) is 22.3. The summed E-state index contributed by atoms with van der Waals surface area (Å²) in [6, 6.07) is 13.4. The van der Waals surface area contributed by atoms with Gasteiger partial charge in [-0.05, 0) is 54.2 Å². The van der Waals surface area contributed by atoms with E-state index < -0.39 is 5.97 Å². The van der Waals surface area contributed by atoms with Crippen LogP contribution in [0.3, 0.4) is 0 Å². The van der Waals surface area contributed by atoms with Crippen molar-refractivity contribution in [2.45, 2.75) is 25.3 Å². The highest BCUT2D eigenvalue weighted by molar-refractivity contribution is 5.93. The van der Waals surface area contributed by atoms with Gasteiger partial charge in [-0.1, -0.05) is 30.4 Å². The van der Waals surface area contributed by atoms with E-state index >= 15 is 0 Å². The van der Waals surface area contributed by atoms with Crippen molar-refractivity contribution in [3.8, 4) is 11.8 Å². The fraction of sp³-hybridized carbons (Fsp3) is 0.273. The summed E-state index contributed by atoms with van der Waals surface area (Å²) in [7, 11) is 0. The number of rotatable bonds is 4. The number of fused-ring (bicyclic) bond motifs is 3. The maximum atomic E-state index is 11.8. The Morgan fingerprint density at radius 1 is 1.30 bits per heavy atom. The zero-order chi connectivity index (χ0) is 19.0. The van der Waals surface area contributed by atoms with Crippen LogP contribution in [0.4, 0.5) is 5.69 Å². The number of nitriles is 1. The molecule has 0 saturated heterocycles. The molecule has 0 bridgehead atoms. The fourth-order valence-electron chi connectivity index (χ4n) is 4.26. The molecule has 1 aliphatic carbocycles. The molecule has 0 fully saturated rings. The SMILES string of the molecule is Cc1ccc(C(=O)O)c2c1N[C@H](c1ccc(OCC#N)cc1)[C@@H]1CC=C[C@@H]21. The van der Waals surface area contributed by atoms with E-state index in [0.29, 0.717) is 11.3 Å². The third-order valence-corrected chi connectivity index (χ3v) is 5.50. The molecule has 0 unspecified atom stereocenters. The Bertz CT molecular complexity index is 957. The van der Waals surface area contributed by atoms with Crippen molar-refractivity contribution in [2.24, 2.45) is 5.92 Å². The van der Waals surface area contributed by atoms with Crippen molar-refractivity contribution in [1.29, 1.82) is 5.26 Å². The molecule has 4 rings (SSSR count). The maximum absolute atomic E-state index is 11.8. The second-order valence-corrected chi connectivity index (χ2v) is 7.02. The number of nitrogens with zero attached hydrogens (tertiary/aromatic N) is 1. The Morgan fingerprint density at radius 3 is 2.78 bits per heavy atom. The summed E-state index contributed by atoms with van der Waals surface area (Å²) in [5.74, 6) is 0.140. The predicted octanol–water partition coefficient (Wildman–Crippen LogP) is 4.42. The van der Waals surface area contributed by atoms with Crippen molar-refractivity contribution >= 4 is 11.7 Å². The minimum absolute atomic E-state index is 0.0280. The van der Waals surface area contributed by atoms with Crippen LogP contribution in [0.1, 0.15) is 45.4 Å². The summed E-state index contributed by atoms with van der Waals surface area (Å²) in [5.41, 5.74) is 4.38. The highest BCUT2D eigenvalue weighted by atomic mass is 16.5. The van der Waals surface area contributed by atoms with Crippen LogP contribution in [-0.4, -0.2) is 17.7 Å². The summed E-state index contributed by atoms with van der Waals surface area (Å²) < 4.78 is 5.34. The molecule has 0 amide bonds. The zero-order valence-corrected chi connectivity index (χ0v) is 15.0. The minimum atomic E-state index is -0.885. The van der Waals surface area contributed by atoms with E-state index in [1.54, 1.807) is 6.07 Å². The van der Waals surface area contributed by atoms with Gasteiger partial charge in [-0.25, -0.2) is 4.79 Å². The quantitative estimate of drug-likeness (QED) is 0.789. The Kier molecular flexibility index (Phi) is 4.33. The van der Waals surface area contributed by atoms with Gasteiger partial charge in [0.15, 0.2) is 6.61 Å². The number of benzene rings is 2. The summed E-state index contributed by atoms with van der Waals surface area (Å²) >= 11 is 0. The zero-order valence-electron chi connectivity index (χ0n) is 15.0. The number of aromatic carboxylic acids is 1. The molecule has 2 aromatic carbocycles. The molecule has 2 N–H and O–H groups in total. The van der Waals surface area contributed by atoms with Gasteiger partial charge >= 0.3 is 5.97 Å². The molecular formula is C22H20N2O3. The van der Waals surface area contributed by atoms with Crippen LogP contribution in [0.25, 0.3) is 0 Å². The van der Waals surface area contributed by atoms with Crippen molar-refractivity contribution in [3.63, 3.8) is 0 Å². The van der Waals surface area contributed by atoms with Crippen LogP contribution in [-0.2, 0) is 0 Å². The second-order valence-electron chi connectivity index (χ2n) is 7.02. The number of hydrogen-bond donors (Lipinski definition) is 2. The lowest BCUT2D eigenvalue weighted by Gasteiger charge is -2.39. The molecule has 5 nitrogen and oxygen atoms in total. The number of ether oxygens (including phenoxy) is 1. The molecule has 1 heterocycles. The van der Waals surface area contributed by atoms with Gasteiger partial charge in [-0.3, -0.25) is 0 Å². The highest BCUT2D eigenvalue weighted by Gasteiger charge is 2.40. The smallest absolute Gasteiger partial charge is 0.336 e. The molecule has 3 atom stereocenters. The number of carboxylic acids is 1. The van der Waals surface area contributed by atoms with Crippen LogP contribution in [0.5, 0.6) is 5.75 Å². The maximum Gasteiger partial charge on any atom is 0.336 e. The van der Waals surface area contributed by atoms with E-state index in [4.69, 9.17) is 10.00 Å². The lowest BCUT2D eigenvalue weighted by Crippen LogP contribution is -2.31. The number of carboxylic acid groups (broad SMARTS) is 1. The second kappa shape index (κ2) is 6.81. The molecule has 27 heavy (non-hydrogen) atoms. The van der Waals surface area contributed by atoms with E-state index in [-0.39, 0.29) is 24.5 Å². The first-order valence-corrected chi connectivity index (χ1v) is 9.00. The Morgan fingerprint density at radius 2 is 2.07 bits per heavy atom. The Hall–Kier alpha value is -3.26. The van der Waals surface area contributed by atoms with Gasteiger partial charge in [0, 0.05) is 11.6 Å². The molecule has 0 spiro atoms. The molecule has 1 aliphatic heterocycles. The Balaban J connectivity index is 1.73. The van der Waals surface area contributed by atoms with E-state index in [1.165, 1.54) is 0 Å². The average Bonchev–Trinajstić information content (AvgIpc) is 3.16. The molecular weight excluding hydrogens is 340 g/mol. The van der Waals surface area contributed by atoms with Gasteiger partial charge < -0.3 is 15.2 Å². The fourth-order valence-corrected chi connectivity index (χ4v) is 4.26. The van der Waals surface area contributed by atoms with E-state index in [0.717, 1.165) is 28.8 Å². The third-order valence-electron chi connectivity index (χ3n) is 5.50. The van der Waals surface area contributed by atoms with Gasteiger partial charge in [0.25, 0.3) is 0 Å². The van der Waals surface area contributed by atoms with Crippen molar-refractivity contribution < 1.29 is 14.6 Å². The lowest BCUT2D eigenvalue weighted by atomic mass is 9.75. The van der Waals surface area contributed by atoms with Gasteiger partial charge in [-0.15, -0.1) is 0 Å². The number of aryl methyl sites for hydroxylation is 1. The highest BCUT2D eigenvalue weighted by Crippen LogP contribution is 2.51. The van der Waals surface area contributed by atoms with Crippen LogP contribution < -0.4 is 10.1 Å². The average molecular weight is 360 g/mol. The molecule has 0 radical (unpaired) electrons. The number of allylic oxidation sites excluding steroid dienone is 2. The van der Waals surface area contributed by atoms with Crippen LogP contribution >= 0.6 is 0 Å². The van der Waals surface area contributed by atoms with Crippen molar-refractivity contribution in [1.82, 2.24) is 0 Å². The summed E-state index contributed by atoms with van der Waals surface area (Å²) in [5, 5.41) is 21.9. The number of carbonyl (C=O) groups is 1. The van der Waals surface area contributed by atoms with E-state index in [1.807, 2.05) is 43.3 Å². The molecule has 0 saturated carbocycles. The van der Waals surface area contributed by atoms with Crippen molar-refractivity contribution in [2.75, 3.05) is 11.9 Å². The van der Waals surface area contributed by atoms with Crippen LogP contribution in [0.2, 0.25) is 0 Å². The van der Waals surface area contributed by atoms with E-state index in [9.17, 15) is 9.90 Å². The van der Waals surface area contributed by atoms with Gasteiger partial charge in [0.2, 0.25) is 0 Å². The number of nitrogens with one attached hydrogen (secondary N) is 1. The van der Waals surface area contributed by atoms with Gasteiger partial charge in [-0.2, -0.15) is 5.26 Å². The summed E-state index contributed by atoms with van der Waals surface area (Å²) in [6.45, 7) is 2.03. The van der Waals surface area contributed by atoms with Gasteiger partial charge in [0.05, 0.1) is 11.6 Å². The number of hydrogen-bond acceptors (Lipinski definition) is 4. The molecule has 5 heteroatoms. The largest absolute Gasteiger partial charge is 0.479 e. The molecule has 2 aliphatic rings. The monoisotopic (exact) mass is 360 g/mol. The van der Waals surface area contributed by atoms with Crippen LogP contribution in [0, 0.1) is 24.2 Å². The van der Waals surface area contributed by atoms with Crippen molar-refractivity contribution in [3.05, 3.63) is 70.8 Å². The summed E-state index contributed by atoms with van der Waals surface area (Å²) in [4.78, 5) is 11.8. The molecule has 0 aromatic heterocycles.